The Labute approximate surface area is 255 Å². The molecule has 6 rings (SSSR count). The van der Waals surface area contributed by atoms with Crippen molar-refractivity contribution in [2.24, 2.45) is 0 Å². The quantitative estimate of drug-likeness (QED) is 0.230. The molecule has 0 aliphatic carbocycles. The summed E-state index contributed by atoms with van der Waals surface area (Å²) in [4.78, 5) is 48.3. The first-order chi connectivity index (χ1) is 21.1. The first kappa shape index (κ1) is 29.1. The zero-order valence-electron chi connectivity index (χ0n) is 23.7. The largest absolute Gasteiger partial charge is 0.504 e. The molecule has 228 valence electrons. The van der Waals surface area contributed by atoms with Crippen molar-refractivity contribution in [1.29, 1.82) is 0 Å². The summed E-state index contributed by atoms with van der Waals surface area (Å²) in [5.41, 5.74) is 8.70. The van der Waals surface area contributed by atoms with Gasteiger partial charge in [0.2, 0.25) is 11.8 Å². The normalized spacial score (nSPS) is 18.6. The lowest BCUT2D eigenvalue weighted by molar-refractivity contribution is -0.157. The number of amides is 4. The molecule has 3 heterocycles. The maximum absolute atomic E-state index is 14.0. The van der Waals surface area contributed by atoms with Gasteiger partial charge in [-0.3, -0.25) is 14.6 Å². The minimum absolute atomic E-state index is 0.0770. The number of carbonyl (C=O) groups is 3. The van der Waals surface area contributed by atoms with Crippen LogP contribution in [0, 0.1) is 5.82 Å². The number of nitrogen functional groups attached to an aromatic ring is 1. The number of phenolic OH excluding ortho intramolecular Hbond substituents is 2. The molecule has 0 radical (unpaired) electrons. The van der Waals surface area contributed by atoms with E-state index in [-0.39, 0.29) is 61.7 Å². The number of hydrogen-bond donors (Lipinski definition) is 4. The molecule has 5 N–H and O–H groups in total. The predicted octanol–water partition coefficient (Wildman–Crippen LogP) is 2.61. The number of fused-ring (bicyclic) bond motifs is 2. The Morgan fingerprint density at radius 2 is 1.86 bits per heavy atom. The lowest BCUT2D eigenvalue weighted by Crippen LogP contribution is -2.65. The Balaban J connectivity index is 1.28. The number of benzene rings is 3. The molecule has 2 aliphatic heterocycles. The topological polar surface area (TPSA) is 156 Å². The molecule has 2 fully saturated rings. The second-order valence-electron chi connectivity index (χ2n) is 10.8. The van der Waals surface area contributed by atoms with E-state index in [4.69, 9.17) is 5.73 Å². The van der Waals surface area contributed by atoms with E-state index in [1.54, 1.807) is 35.2 Å². The number of urea groups is 1. The fraction of sp³-hybridized carbons (Fsp3) is 0.267. The molecule has 14 heteroatoms. The molecule has 2 aliphatic rings. The molecule has 1 aromatic heterocycles. The first-order valence-corrected chi connectivity index (χ1v) is 14.7. The second kappa shape index (κ2) is 11.6. The van der Waals surface area contributed by atoms with Crippen LogP contribution in [0.2, 0.25) is 0 Å². The van der Waals surface area contributed by atoms with Crippen molar-refractivity contribution in [3.05, 3.63) is 83.2 Å². The van der Waals surface area contributed by atoms with E-state index in [1.807, 2.05) is 18.2 Å². The molecule has 2 atom stereocenters. The number of rotatable bonds is 7. The molecule has 2 saturated heterocycles. The number of aromatic nitrogens is 1. The van der Waals surface area contributed by atoms with E-state index < -0.39 is 18.2 Å². The van der Waals surface area contributed by atoms with E-state index in [1.165, 1.54) is 45.5 Å². The number of carbonyl (C=O) groups excluding carboxylic acids is 3. The third-order valence-corrected chi connectivity index (χ3v) is 8.80. The Morgan fingerprint density at radius 1 is 1.11 bits per heavy atom. The van der Waals surface area contributed by atoms with Crippen LogP contribution in [0.25, 0.3) is 10.2 Å². The van der Waals surface area contributed by atoms with Gasteiger partial charge in [-0.2, -0.15) is 5.01 Å². The average Bonchev–Trinajstić information content (AvgIpc) is 3.55. The summed E-state index contributed by atoms with van der Waals surface area (Å²) in [5.74, 6) is -1.64. The molecule has 3 aromatic carbocycles. The van der Waals surface area contributed by atoms with Crippen molar-refractivity contribution < 1.29 is 29.0 Å². The molecule has 44 heavy (non-hydrogen) atoms. The molecule has 0 spiro atoms. The molecular formula is C30H30FN7O5S. The van der Waals surface area contributed by atoms with Crippen LogP contribution < -0.4 is 11.1 Å². The summed E-state index contributed by atoms with van der Waals surface area (Å²) < 4.78 is 14.2. The van der Waals surface area contributed by atoms with E-state index >= 15 is 0 Å². The molecule has 4 aromatic rings. The van der Waals surface area contributed by atoms with Gasteiger partial charge in [-0.25, -0.2) is 14.2 Å². The number of piperazine rings is 1. The number of nitrogens with one attached hydrogen (secondary N) is 1. The van der Waals surface area contributed by atoms with E-state index in [2.05, 4.69) is 10.3 Å². The number of phenols is 2. The van der Waals surface area contributed by atoms with Gasteiger partial charge in [0.15, 0.2) is 16.6 Å². The number of nitrogens with two attached hydrogens (primary N) is 1. The number of aromatic hydroxyl groups is 2. The summed E-state index contributed by atoms with van der Waals surface area (Å²) in [6.45, 7) is 0.330. The predicted molar refractivity (Wildman–Crippen MR) is 160 cm³/mol. The van der Waals surface area contributed by atoms with Crippen molar-refractivity contribution in [2.75, 3.05) is 25.9 Å². The van der Waals surface area contributed by atoms with Gasteiger partial charge in [0.25, 0.3) is 0 Å². The summed E-state index contributed by atoms with van der Waals surface area (Å²) in [6, 6.07) is 14.3. The zero-order valence-corrected chi connectivity index (χ0v) is 24.5. The summed E-state index contributed by atoms with van der Waals surface area (Å²) in [5, 5.41) is 26.0. The van der Waals surface area contributed by atoms with Crippen LogP contribution in [-0.2, 0) is 29.1 Å². The van der Waals surface area contributed by atoms with Crippen molar-refractivity contribution in [2.45, 2.75) is 31.7 Å². The SMILES string of the molecule is CN(C(=O)NCc1ccc(F)cc1)N1CC(=O)N2[C@@H](Cc3ccc(O)c(O)c3)C(=O)N(Cc3cccc4sc(N)nc34)C[C@@H]21. The number of anilines is 1. The van der Waals surface area contributed by atoms with Gasteiger partial charge in [-0.15, -0.1) is 0 Å². The minimum Gasteiger partial charge on any atom is -0.504 e. The first-order valence-electron chi connectivity index (χ1n) is 13.9. The molecule has 0 unspecified atom stereocenters. The van der Waals surface area contributed by atoms with Gasteiger partial charge >= 0.3 is 6.03 Å². The van der Waals surface area contributed by atoms with Crippen molar-refractivity contribution in [3.8, 4) is 11.5 Å². The van der Waals surface area contributed by atoms with Crippen LogP contribution in [-0.4, -0.2) is 85.2 Å². The molecule has 0 saturated carbocycles. The summed E-state index contributed by atoms with van der Waals surface area (Å²) in [7, 11) is 1.54. The Kier molecular flexibility index (Phi) is 7.69. The number of nitrogens with zero attached hydrogens (tertiary/aromatic N) is 5. The van der Waals surface area contributed by atoms with Crippen LogP contribution >= 0.6 is 11.3 Å². The van der Waals surface area contributed by atoms with Crippen LogP contribution in [0.1, 0.15) is 16.7 Å². The Bertz CT molecular complexity index is 1750. The van der Waals surface area contributed by atoms with Crippen LogP contribution in [0.4, 0.5) is 14.3 Å². The fourth-order valence-electron chi connectivity index (χ4n) is 5.74. The number of hydrazine groups is 1. The van der Waals surface area contributed by atoms with Crippen LogP contribution in [0.3, 0.4) is 0 Å². The van der Waals surface area contributed by atoms with Crippen molar-refractivity contribution >= 4 is 44.5 Å². The summed E-state index contributed by atoms with van der Waals surface area (Å²) >= 11 is 1.35. The highest BCUT2D eigenvalue weighted by Gasteiger charge is 2.51. The average molecular weight is 620 g/mol. The lowest BCUT2D eigenvalue weighted by atomic mass is 9.99. The van der Waals surface area contributed by atoms with Gasteiger partial charge in [0.05, 0.1) is 23.3 Å². The highest BCUT2D eigenvalue weighted by atomic mass is 32.1. The maximum Gasteiger partial charge on any atom is 0.332 e. The standard InChI is InChI=1S/C30H30FN7O5S/c1-35(30(43)33-13-17-5-8-20(31)9-6-17)37-16-26(41)38-21(11-18-7-10-22(39)23(40)12-18)28(42)36(15-25(37)38)14-19-3-2-4-24-27(19)34-29(32)44-24/h2-10,12,21,25,39-40H,11,13-16H2,1H3,(H2,32,34)(H,33,43)/t21-,25+/m0/s1. The second-order valence-corrected chi connectivity index (χ2v) is 11.8. The van der Waals surface area contributed by atoms with E-state index in [0.717, 1.165) is 10.3 Å². The van der Waals surface area contributed by atoms with Gasteiger partial charge in [-0.1, -0.05) is 41.7 Å². The van der Waals surface area contributed by atoms with Crippen molar-refractivity contribution in [3.63, 3.8) is 0 Å². The maximum atomic E-state index is 14.0. The van der Waals surface area contributed by atoms with E-state index in [0.29, 0.717) is 21.8 Å². The smallest absolute Gasteiger partial charge is 0.332 e. The summed E-state index contributed by atoms with van der Waals surface area (Å²) in [6.07, 6.45) is -0.592. The molecule has 4 amide bonds. The third kappa shape index (κ3) is 5.56. The third-order valence-electron chi connectivity index (χ3n) is 7.95. The van der Waals surface area contributed by atoms with E-state index in [9.17, 15) is 29.0 Å². The van der Waals surface area contributed by atoms with Gasteiger partial charge < -0.3 is 31.1 Å². The van der Waals surface area contributed by atoms with Gasteiger partial charge in [0.1, 0.15) is 18.0 Å². The van der Waals surface area contributed by atoms with Gasteiger partial charge in [0, 0.05) is 26.6 Å². The van der Waals surface area contributed by atoms with Crippen LogP contribution in [0.15, 0.2) is 60.7 Å². The number of halogens is 1. The monoisotopic (exact) mass is 619 g/mol. The minimum atomic E-state index is -0.939. The molecule has 12 nitrogen and oxygen atoms in total. The van der Waals surface area contributed by atoms with Gasteiger partial charge in [-0.05, 0) is 47.0 Å². The number of thiazole rings is 1. The molecule has 0 bridgehead atoms. The number of hydrogen-bond acceptors (Lipinski definition) is 9. The number of para-hydroxylation sites is 1. The Hall–Kier alpha value is -4.95. The zero-order chi connectivity index (χ0) is 31.1. The highest BCUT2D eigenvalue weighted by molar-refractivity contribution is 7.22. The Morgan fingerprint density at radius 3 is 2.61 bits per heavy atom. The van der Waals surface area contributed by atoms with Crippen molar-refractivity contribution in [1.82, 2.24) is 30.1 Å². The van der Waals surface area contributed by atoms with Crippen LogP contribution in [0.5, 0.6) is 11.5 Å². The fourth-order valence-corrected chi connectivity index (χ4v) is 6.52. The molecular weight excluding hydrogens is 589 g/mol. The lowest BCUT2D eigenvalue weighted by Gasteiger charge is -2.45. The highest BCUT2D eigenvalue weighted by Crippen LogP contribution is 2.33.